The van der Waals surface area contributed by atoms with Crippen molar-refractivity contribution in [3.05, 3.63) is 23.2 Å². The van der Waals surface area contributed by atoms with Gasteiger partial charge in [-0.2, -0.15) is 0 Å². The number of nitrogens with one attached hydrogen (secondary N) is 1. The maximum atomic E-state index is 11.2. The molecule has 0 radical (unpaired) electrons. The molecular weight excluding hydrogens is 208 g/mol. The number of nitrogen functional groups attached to an aromatic ring is 1. The van der Waals surface area contributed by atoms with Gasteiger partial charge < -0.3 is 9.15 Å². The molecule has 1 aromatic heterocycles. The Morgan fingerprint density at radius 2 is 2.19 bits per heavy atom. The monoisotopic (exact) mass is 226 g/mol. The van der Waals surface area contributed by atoms with Gasteiger partial charge in [-0.25, -0.2) is 5.84 Å². The average molecular weight is 226 g/mol. The smallest absolute Gasteiger partial charge is 0.300 e. The molecule has 0 spiro atoms. The van der Waals surface area contributed by atoms with Gasteiger partial charge in [0.15, 0.2) is 5.76 Å². The summed E-state index contributed by atoms with van der Waals surface area (Å²) in [5.41, 5.74) is 2.65. The molecule has 16 heavy (non-hydrogen) atoms. The molecule has 0 aliphatic heterocycles. The molecule has 5 heteroatoms. The van der Waals surface area contributed by atoms with Crippen molar-refractivity contribution in [3.8, 4) is 0 Å². The van der Waals surface area contributed by atoms with Crippen LogP contribution in [0.3, 0.4) is 0 Å². The van der Waals surface area contributed by atoms with Crippen LogP contribution in [-0.4, -0.2) is 11.5 Å². The second kappa shape index (κ2) is 4.67. The first-order valence-corrected chi connectivity index (χ1v) is 5.07. The first-order valence-electron chi connectivity index (χ1n) is 5.07. The number of rotatable bonds is 3. The molecule has 0 bridgehead atoms. The quantitative estimate of drug-likeness (QED) is 0.465. The van der Waals surface area contributed by atoms with E-state index in [1.807, 2.05) is 26.2 Å². The third kappa shape index (κ3) is 3.36. The first-order chi connectivity index (χ1) is 7.33. The van der Waals surface area contributed by atoms with Crippen LogP contribution in [0.1, 0.15) is 42.6 Å². The third-order valence-electron chi connectivity index (χ3n) is 2.04. The van der Waals surface area contributed by atoms with Gasteiger partial charge in [-0.1, -0.05) is 0 Å². The van der Waals surface area contributed by atoms with Crippen molar-refractivity contribution >= 4 is 5.91 Å². The van der Waals surface area contributed by atoms with Gasteiger partial charge in [0, 0.05) is 5.56 Å². The number of amides is 1. The van der Waals surface area contributed by atoms with Crippen LogP contribution >= 0.6 is 0 Å². The molecule has 3 N–H and O–H groups in total. The summed E-state index contributed by atoms with van der Waals surface area (Å²) in [5.74, 6) is 5.45. The predicted octanol–water partition coefficient (Wildman–Crippen LogP) is 1.51. The summed E-state index contributed by atoms with van der Waals surface area (Å²) in [6.45, 7) is 8.10. The fraction of sp³-hybridized carbons (Fsp3) is 0.545. The van der Waals surface area contributed by atoms with Gasteiger partial charge in [-0.15, -0.1) is 0 Å². The minimum Gasteiger partial charge on any atom is -0.456 e. The van der Waals surface area contributed by atoms with Crippen molar-refractivity contribution in [1.82, 2.24) is 5.43 Å². The zero-order valence-corrected chi connectivity index (χ0v) is 10.1. The average Bonchev–Trinajstić information content (AvgIpc) is 2.54. The number of furan rings is 1. The van der Waals surface area contributed by atoms with Crippen molar-refractivity contribution in [3.63, 3.8) is 0 Å². The number of nitrogens with two attached hydrogens (primary N) is 1. The zero-order chi connectivity index (χ0) is 12.3. The largest absolute Gasteiger partial charge is 0.456 e. The highest BCUT2D eigenvalue weighted by molar-refractivity contribution is 5.91. The lowest BCUT2D eigenvalue weighted by Gasteiger charge is -2.18. The standard InChI is InChI=1S/C11H18N2O3/c1-7-8(6-15-11(2,3)4)5-9(16-7)10(14)13-12/h5H,6,12H2,1-4H3,(H,13,14). The Balaban J connectivity index is 2.75. The Bertz CT molecular complexity index is 377. The van der Waals surface area contributed by atoms with E-state index in [-0.39, 0.29) is 11.4 Å². The second-order valence-electron chi connectivity index (χ2n) is 4.57. The van der Waals surface area contributed by atoms with Crippen LogP contribution in [-0.2, 0) is 11.3 Å². The van der Waals surface area contributed by atoms with Crippen LogP contribution in [0.5, 0.6) is 0 Å². The lowest BCUT2D eigenvalue weighted by atomic mass is 10.2. The summed E-state index contributed by atoms with van der Waals surface area (Å²) < 4.78 is 10.9. The van der Waals surface area contributed by atoms with Crippen molar-refractivity contribution < 1.29 is 13.9 Å². The van der Waals surface area contributed by atoms with Crippen LogP contribution in [0.2, 0.25) is 0 Å². The Hall–Kier alpha value is -1.33. The molecule has 0 aliphatic carbocycles. The van der Waals surface area contributed by atoms with Crippen LogP contribution in [0.15, 0.2) is 10.5 Å². The van der Waals surface area contributed by atoms with Crippen LogP contribution in [0.25, 0.3) is 0 Å². The van der Waals surface area contributed by atoms with Gasteiger partial charge in [0.1, 0.15) is 5.76 Å². The number of ether oxygens (including phenoxy) is 1. The van der Waals surface area contributed by atoms with E-state index in [0.29, 0.717) is 12.4 Å². The van der Waals surface area contributed by atoms with E-state index in [1.54, 1.807) is 13.0 Å². The summed E-state index contributed by atoms with van der Waals surface area (Å²) >= 11 is 0. The van der Waals surface area contributed by atoms with E-state index in [4.69, 9.17) is 15.0 Å². The second-order valence-corrected chi connectivity index (χ2v) is 4.57. The molecule has 1 heterocycles. The van der Waals surface area contributed by atoms with Crippen LogP contribution in [0.4, 0.5) is 0 Å². The minimum absolute atomic E-state index is 0.201. The Labute approximate surface area is 94.9 Å². The van der Waals surface area contributed by atoms with Gasteiger partial charge in [0.2, 0.25) is 0 Å². The molecule has 0 atom stereocenters. The van der Waals surface area contributed by atoms with Gasteiger partial charge in [-0.05, 0) is 33.8 Å². The first kappa shape index (κ1) is 12.7. The number of carbonyl (C=O) groups is 1. The van der Waals surface area contributed by atoms with E-state index in [9.17, 15) is 4.79 Å². The van der Waals surface area contributed by atoms with Crippen molar-refractivity contribution in [2.75, 3.05) is 0 Å². The fourth-order valence-electron chi connectivity index (χ4n) is 1.14. The Kier molecular flexibility index (Phi) is 3.72. The SMILES string of the molecule is Cc1oc(C(=O)NN)cc1COC(C)(C)C. The van der Waals surface area contributed by atoms with Gasteiger partial charge >= 0.3 is 5.91 Å². The lowest BCUT2D eigenvalue weighted by molar-refractivity contribution is -0.0154. The summed E-state index contributed by atoms with van der Waals surface area (Å²) in [6.07, 6.45) is 0. The van der Waals surface area contributed by atoms with E-state index >= 15 is 0 Å². The molecule has 0 saturated heterocycles. The van der Waals surface area contributed by atoms with Gasteiger partial charge in [0.25, 0.3) is 0 Å². The highest BCUT2D eigenvalue weighted by Crippen LogP contribution is 2.18. The summed E-state index contributed by atoms with van der Waals surface area (Å²) in [6, 6.07) is 1.64. The molecule has 5 nitrogen and oxygen atoms in total. The maximum absolute atomic E-state index is 11.2. The molecule has 90 valence electrons. The number of carbonyl (C=O) groups excluding carboxylic acids is 1. The molecule has 0 aliphatic rings. The van der Waals surface area contributed by atoms with Crippen molar-refractivity contribution in [2.45, 2.75) is 39.9 Å². The van der Waals surface area contributed by atoms with Crippen LogP contribution in [0, 0.1) is 6.92 Å². The number of hydrogen-bond donors (Lipinski definition) is 2. The van der Waals surface area contributed by atoms with Gasteiger partial charge in [0.05, 0.1) is 12.2 Å². The molecular formula is C11H18N2O3. The fourth-order valence-corrected chi connectivity index (χ4v) is 1.14. The number of hydrogen-bond acceptors (Lipinski definition) is 4. The van der Waals surface area contributed by atoms with Crippen molar-refractivity contribution in [2.24, 2.45) is 5.84 Å². The molecule has 1 rings (SSSR count). The molecule has 0 saturated carbocycles. The highest BCUT2D eigenvalue weighted by Gasteiger charge is 2.16. The highest BCUT2D eigenvalue weighted by atomic mass is 16.5. The Morgan fingerprint density at radius 1 is 1.56 bits per heavy atom. The number of aryl methyl sites for hydroxylation is 1. The summed E-state index contributed by atoms with van der Waals surface area (Å²) in [4.78, 5) is 11.2. The normalized spacial score (nSPS) is 11.6. The Morgan fingerprint density at radius 3 is 2.69 bits per heavy atom. The molecule has 1 aromatic rings. The molecule has 0 aromatic carbocycles. The predicted molar refractivity (Wildman–Crippen MR) is 59.6 cm³/mol. The van der Waals surface area contributed by atoms with E-state index in [2.05, 4.69) is 0 Å². The third-order valence-corrected chi connectivity index (χ3v) is 2.04. The lowest BCUT2D eigenvalue weighted by Crippen LogP contribution is -2.29. The van der Waals surface area contributed by atoms with Crippen molar-refractivity contribution in [1.29, 1.82) is 0 Å². The number of hydrazine groups is 1. The summed E-state index contributed by atoms with van der Waals surface area (Å²) in [7, 11) is 0. The zero-order valence-electron chi connectivity index (χ0n) is 10.1. The molecule has 0 unspecified atom stereocenters. The summed E-state index contributed by atoms with van der Waals surface area (Å²) in [5, 5.41) is 0. The topological polar surface area (TPSA) is 77.5 Å². The molecule has 1 amide bonds. The maximum Gasteiger partial charge on any atom is 0.300 e. The van der Waals surface area contributed by atoms with E-state index in [1.165, 1.54) is 0 Å². The van der Waals surface area contributed by atoms with Crippen LogP contribution < -0.4 is 11.3 Å². The van der Waals surface area contributed by atoms with Gasteiger partial charge in [-0.3, -0.25) is 10.2 Å². The van der Waals surface area contributed by atoms with E-state index < -0.39 is 5.91 Å². The molecule has 0 fully saturated rings. The minimum atomic E-state index is -0.440. The van der Waals surface area contributed by atoms with E-state index in [0.717, 1.165) is 5.56 Å².